The second kappa shape index (κ2) is 9.78. The summed E-state index contributed by atoms with van der Waals surface area (Å²) < 4.78 is 11.3. The highest BCUT2D eigenvalue weighted by atomic mass is 32.1. The van der Waals surface area contributed by atoms with Crippen LogP contribution >= 0.6 is 12.2 Å². The lowest BCUT2D eigenvalue weighted by atomic mass is 9.74. The van der Waals surface area contributed by atoms with E-state index in [2.05, 4.69) is 26.2 Å². The highest BCUT2D eigenvalue weighted by Gasteiger charge is 2.54. The van der Waals surface area contributed by atoms with Gasteiger partial charge >= 0.3 is 5.97 Å². The molecule has 29 heavy (non-hydrogen) atoms. The molecule has 0 N–H and O–H groups in total. The second-order valence-corrected chi connectivity index (χ2v) is 13.3. The molecule has 1 fully saturated rings. The van der Waals surface area contributed by atoms with Crippen molar-refractivity contribution < 1.29 is 18.8 Å². The fourth-order valence-electron chi connectivity index (χ4n) is 3.83. The standard InChI is InChI=1S/C22H31NO4SSi/c1-7-13-26-18(24)14-23-20(15(2)21(28)17-11-9-8-10-12-17)19(22(23)25)16(3)27-29(4,5)6/h7-12,15-16,19-20H,1,13-14H2,2-6H3/t15-,16-,19-,20-/m1/s1. The van der Waals surface area contributed by atoms with Crippen LogP contribution in [0, 0.1) is 11.8 Å². The summed E-state index contributed by atoms with van der Waals surface area (Å²) in [6, 6.07) is 9.56. The van der Waals surface area contributed by atoms with Crippen molar-refractivity contribution in [3.63, 3.8) is 0 Å². The minimum Gasteiger partial charge on any atom is -0.460 e. The lowest BCUT2D eigenvalue weighted by molar-refractivity contribution is -0.171. The maximum Gasteiger partial charge on any atom is 0.325 e. The SMILES string of the molecule is C=CCOC(=O)CN1C(=O)[C@H]([C@@H](C)O[Si](C)(C)C)[C@H]1[C@@H](C)C(=S)c1ccccc1. The van der Waals surface area contributed by atoms with Crippen LogP contribution in [-0.4, -0.2) is 55.3 Å². The first-order chi connectivity index (χ1) is 13.6. The van der Waals surface area contributed by atoms with E-state index in [0.29, 0.717) is 0 Å². The Morgan fingerprint density at radius 2 is 1.90 bits per heavy atom. The molecule has 0 aliphatic carbocycles. The molecular formula is C22H31NO4SSi. The zero-order valence-electron chi connectivity index (χ0n) is 17.9. The summed E-state index contributed by atoms with van der Waals surface area (Å²) in [6.45, 7) is 13.8. The number of esters is 1. The molecule has 0 radical (unpaired) electrons. The third kappa shape index (κ3) is 5.84. The van der Waals surface area contributed by atoms with Crippen LogP contribution < -0.4 is 0 Å². The zero-order chi connectivity index (χ0) is 21.8. The number of amides is 1. The Morgan fingerprint density at radius 1 is 1.28 bits per heavy atom. The molecule has 5 nitrogen and oxygen atoms in total. The topological polar surface area (TPSA) is 55.8 Å². The fraction of sp³-hybridized carbons (Fsp3) is 0.500. The van der Waals surface area contributed by atoms with Gasteiger partial charge in [0.05, 0.1) is 18.1 Å². The molecule has 0 unspecified atom stereocenters. The van der Waals surface area contributed by atoms with Gasteiger partial charge in [-0.1, -0.05) is 62.1 Å². The molecule has 2 rings (SSSR count). The summed E-state index contributed by atoms with van der Waals surface area (Å²) in [6.07, 6.45) is 1.27. The lowest BCUT2D eigenvalue weighted by Gasteiger charge is -2.52. The molecule has 1 aromatic rings. The van der Waals surface area contributed by atoms with Crippen molar-refractivity contribution in [3.05, 3.63) is 48.6 Å². The number of ether oxygens (including phenoxy) is 1. The van der Waals surface area contributed by atoms with Gasteiger partial charge in [0.2, 0.25) is 5.91 Å². The Labute approximate surface area is 180 Å². The van der Waals surface area contributed by atoms with E-state index in [-0.39, 0.29) is 43.0 Å². The molecule has 0 bridgehead atoms. The normalized spacial score (nSPS) is 21.1. The quantitative estimate of drug-likeness (QED) is 0.140. The highest BCUT2D eigenvalue weighted by molar-refractivity contribution is 7.80. The van der Waals surface area contributed by atoms with E-state index in [0.717, 1.165) is 10.4 Å². The van der Waals surface area contributed by atoms with E-state index >= 15 is 0 Å². The van der Waals surface area contributed by atoms with Crippen LogP contribution in [0.3, 0.4) is 0 Å². The van der Waals surface area contributed by atoms with Gasteiger partial charge in [0.25, 0.3) is 0 Å². The smallest absolute Gasteiger partial charge is 0.325 e. The van der Waals surface area contributed by atoms with E-state index in [1.807, 2.05) is 44.2 Å². The largest absolute Gasteiger partial charge is 0.460 e. The van der Waals surface area contributed by atoms with E-state index in [9.17, 15) is 9.59 Å². The van der Waals surface area contributed by atoms with Crippen molar-refractivity contribution in [3.8, 4) is 0 Å². The van der Waals surface area contributed by atoms with E-state index in [1.54, 1.807) is 4.90 Å². The zero-order valence-corrected chi connectivity index (χ0v) is 19.7. The molecule has 1 amide bonds. The van der Waals surface area contributed by atoms with E-state index in [1.165, 1.54) is 6.08 Å². The first-order valence-electron chi connectivity index (χ1n) is 9.91. The molecule has 0 spiro atoms. The van der Waals surface area contributed by atoms with E-state index in [4.69, 9.17) is 21.4 Å². The monoisotopic (exact) mass is 433 g/mol. The number of likely N-dealkylation sites (tertiary alicyclic amines) is 1. The molecular weight excluding hydrogens is 402 g/mol. The first-order valence-corrected chi connectivity index (χ1v) is 13.7. The summed E-state index contributed by atoms with van der Waals surface area (Å²) in [5.41, 5.74) is 0.959. The van der Waals surface area contributed by atoms with Crippen LogP contribution in [0.15, 0.2) is 43.0 Å². The minimum absolute atomic E-state index is 0.0842. The molecule has 7 heteroatoms. The van der Waals surface area contributed by atoms with Crippen molar-refractivity contribution in [2.75, 3.05) is 13.2 Å². The number of hydrogen-bond acceptors (Lipinski definition) is 5. The fourth-order valence-corrected chi connectivity index (χ4v) is 5.36. The van der Waals surface area contributed by atoms with Gasteiger partial charge in [0.15, 0.2) is 8.32 Å². The minimum atomic E-state index is -1.83. The molecule has 158 valence electrons. The van der Waals surface area contributed by atoms with Gasteiger partial charge in [-0.15, -0.1) is 0 Å². The van der Waals surface area contributed by atoms with Gasteiger partial charge in [-0.3, -0.25) is 9.59 Å². The summed E-state index contributed by atoms with van der Waals surface area (Å²) in [7, 11) is -1.83. The highest BCUT2D eigenvalue weighted by Crippen LogP contribution is 2.38. The van der Waals surface area contributed by atoms with E-state index < -0.39 is 14.3 Å². The molecule has 1 aliphatic rings. The summed E-state index contributed by atoms with van der Waals surface area (Å²) in [5, 5.41) is 0. The summed E-state index contributed by atoms with van der Waals surface area (Å²) >= 11 is 5.74. The van der Waals surface area contributed by atoms with Crippen LogP contribution in [0.25, 0.3) is 0 Å². The van der Waals surface area contributed by atoms with Gasteiger partial charge in [-0.25, -0.2) is 0 Å². The van der Waals surface area contributed by atoms with Gasteiger partial charge in [-0.2, -0.15) is 0 Å². The Bertz CT molecular complexity index is 762. The second-order valence-electron chi connectivity index (χ2n) is 8.41. The van der Waals surface area contributed by atoms with Gasteiger partial charge in [0, 0.05) is 10.8 Å². The van der Waals surface area contributed by atoms with Crippen LogP contribution in [0.1, 0.15) is 19.4 Å². The first kappa shape index (κ1) is 23.4. The Hall–Kier alpha value is -1.83. The van der Waals surface area contributed by atoms with Crippen molar-refractivity contribution in [2.45, 2.75) is 45.6 Å². The maximum absolute atomic E-state index is 13.0. The lowest BCUT2D eigenvalue weighted by Crippen LogP contribution is -2.69. The number of β-lactam (4-membered cyclic amide) rings is 1. The summed E-state index contributed by atoms with van der Waals surface area (Å²) in [4.78, 5) is 27.5. The Balaban J connectivity index is 2.24. The maximum atomic E-state index is 13.0. The van der Waals surface area contributed by atoms with Crippen LogP contribution in [-0.2, 0) is 18.8 Å². The number of carbonyl (C=O) groups excluding carboxylic acids is 2. The Morgan fingerprint density at radius 3 is 2.45 bits per heavy atom. The third-order valence-corrected chi connectivity index (χ3v) is 6.67. The van der Waals surface area contributed by atoms with Crippen molar-refractivity contribution >= 4 is 37.3 Å². The van der Waals surface area contributed by atoms with Crippen LogP contribution in [0.4, 0.5) is 0 Å². The predicted octanol–water partition coefficient (Wildman–Crippen LogP) is 3.84. The number of hydrogen-bond donors (Lipinski definition) is 0. The molecule has 0 saturated carbocycles. The molecule has 1 aromatic carbocycles. The number of benzene rings is 1. The number of carbonyl (C=O) groups is 2. The number of thiocarbonyl (C=S) groups is 1. The molecule has 1 saturated heterocycles. The predicted molar refractivity (Wildman–Crippen MR) is 121 cm³/mol. The van der Waals surface area contributed by atoms with Crippen LogP contribution in [0.5, 0.6) is 0 Å². The molecule has 1 aliphatic heterocycles. The number of nitrogens with zero attached hydrogens (tertiary/aromatic N) is 1. The summed E-state index contributed by atoms with van der Waals surface area (Å²) in [5.74, 6) is -0.960. The molecule has 1 heterocycles. The molecule has 0 aromatic heterocycles. The van der Waals surface area contributed by atoms with Gasteiger partial charge < -0.3 is 14.1 Å². The number of rotatable bonds is 10. The van der Waals surface area contributed by atoms with Crippen molar-refractivity contribution in [1.82, 2.24) is 4.90 Å². The van der Waals surface area contributed by atoms with Crippen molar-refractivity contribution in [2.24, 2.45) is 11.8 Å². The average molecular weight is 434 g/mol. The average Bonchev–Trinajstić information content (AvgIpc) is 2.66. The van der Waals surface area contributed by atoms with Crippen LogP contribution in [0.2, 0.25) is 19.6 Å². The third-order valence-electron chi connectivity index (χ3n) is 4.99. The Kier molecular flexibility index (Phi) is 7.91. The van der Waals surface area contributed by atoms with Gasteiger partial charge in [0.1, 0.15) is 13.2 Å². The van der Waals surface area contributed by atoms with Crippen molar-refractivity contribution in [1.29, 1.82) is 0 Å². The molecule has 4 atom stereocenters. The van der Waals surface area contributed by atoms with Gasteiger partial charge in [-0.05, 0) is 32.1 Å².